The molecule has 3 rings (SSSR count). The topological polar surface area (TPSA) is 199 Å². The normalized spacial score (nSPS) is 27.1. The average Bonchev–Trinajstić information content (AvgIpc) is 3.21. The molecule has 16 heteroatoms. The Kier molecular flexibility index (Phi) is 7.17. The Hall–Kier alpha value is -2.55. The number of aromatic nitrogens is 4. The number of aliphatic hydroxyl groups excluding tert-OH is 1. The standard InChI is InChI=1S/C16H22FN6O8P/c1-4-28-12-9-11(20-15(18)21-12)23(6-19-9)14-16(3,17)10(24)8(30-14)5-29-31-32(27)22-7(2)13(25)26/h6-8,10,14,24H,4-5H2,1-3H3,(H,25,26)(H2,18,20,21)/t7-,8+,10+,14+,16+/m0/s1. The summed E-state index contributed by atoms with van der Waals surface area (Å²) in [5, 5.41) is 19.1. The van der Waals surface area contributed by atoms with E-state index < -0.39 is 50.9 Å². The van der Waals surface area contributed by atoms with Gasteiger partial charge in [-0.05, 0) is 20.8 Å². The van der Waals surface area contributed by atoms with Crippen LogP contribution in [0.2, 0.25) is 0 Å². The van der Waals surface area contributed by atoms with Crippen molar-refractivity contribution in [2.24, 2.45) is 4.74 Å². The number of carboxylic acids is 1. The summed E-state index contributed by atoms with van der Waals surface area (Å²) in [7, 11) is -2.81. The van der Waals surface area contributed by atoms with Crippen molar-refractivity contribution < 1.29 is 43.3 Å². The first kappa shape index (κ1) is 24.1. The molecule has 0 amide bonds. The van der Waals surface area contributed by atoms with Crippen LogP contribution in [0, 0.1) is 0 Å². The monoisotopic (exact) mass is 476 g/mol. The van der Waals surface area contributed by atoms with Gasteiger partial charge in [-0.3, -0.25) is 4.57 Å². The highest BCUT2D eigenvalue weighted by atomic mass is 31.1. The van der Waals surface area contributed by atoms with E-state index in [2.05, 4.69) is 24.4 Å². The van der Waals surface area contributed by atoms with Crippen LogP contribution in [0.4, 0.5) is 10.3 Å². The third-order valence-electron chi connectivity index (χ3n) is 4.63. The molecule has 0 bridgehead atoms. The van der Waals surface area contributed by atoms with Crippen LogP contribution in [0.3, 0.4) is 0 Å². The lowest BCUT2D eigenvalue weighted by molar-refractivity contribution is -0.277. The van der Waals surface area contributed by atoms with Gasteiger partial charge >= 0.3 is 14.1 Å². The summed E-state index contributed by atoms with van der Waals surface area (Å²) in [6, 6.07) is -1.28. The Labute approximate surface area is 181 Å². The highest BCUT2D eigenvalue weighted by molar-refractivity contribution is 7.33. The van der Waals surface area contributed by atoms with E-state index >= 15 is 4.39 Å². The highest BCUT2D eigenvalue weighted by Gasteiger charge is 2.55. The molecule has 0 aromatic carbocycles. The number of aliphatic carboxylic acids is 1. The minimum Gasteiger partial charge on any atom is -0.581 e. The maximum Gasteiger partial charge on any atom is 0.382 e. The number of aliphatic hydroxyl groups is 1. The van der Waals surface area contributed by atoms with Gasteiger partial charge in [0, 0.05) is 4.67 Å². The third-order valence-corrected chi connectivity index (χ3v) is 5.40. The summed E-state index contributed by atoms with van der Waals surface area (Å²) in [4.78, 5) is 39.2. The molecule has 0 spiro atoms. The first-order valence-corrected chi connectivity index (χ1v) is 10.5. The molecule has 0 radical (unpaired) electrons. The van der Waals surface area contributed by atoms with Gasteiger partial charge in [0.1, 0.15) is 18.8 Å². The zero-order valence-corrected chi connectivity index (χ0v) is 18.2. The first-order chi connectivity index (χ1) is 15.1. The van der Waals surface area contributed by atoms with Gasteiger partial charge in [0.2, 0.25) is 11.8 Å². The molecule has 14 nitrogen and oxygen atoms in total. The van der Waals surface area contributed by atoms with E-state index in [0.29, 0.717) is 0 Å². The van der Waals surface area contributed by atoms with Crippen LogP contribution in [0.15, 0.2) is 11.1 Å². The lowest BCUT2D eigenvalue weighted by Crippen LogP contribution is -2.40. The number of nitrogens with zero attached hydrogens (tertiary/aromatic N) is 5. The van der Waals surface area contributed by atoms with Gasteiger partial charge in [-0.25, -0.2) is 14.2 Å². The van der Waals surface area contributed by atoms with Crippen LogP contribution >= 0.6 is 8.17 Å². The smallest absolute Gasteiger partial charge is 0.382 e. The second kappa shape index (κ2) is 9.52. The second-order valence-corrected chi connectivity index (χ2v) is 7.85. The number of anilines is 1. The zero-order valence-electron chi connectivity index (χ0n) is 17.3. The third kappa shape index (κ3) is 4.77. The van der Waals surface area contributed by atoms with Crippen LogP contribution in [0.25, 0.3) is 11.2 Å². The molecule has 2 aromatic heterocycles. The van der Waals surface area contributed by atoms with Gasteiger partial charge in [-0.2, -0.15) is 14.9 Å². The minimum atomic E-state index is -2.81. The quantitative estimate of drug-likeness (QED) is 0.250. The van der Waals surface area contributed by atoms with Crippen molar-refractivity contribution in [2.45, 2.75) is 50.9 Å². The molecule has 6 atom stereocenters. The average molecular weight is 476 g/mol. The molecule has 0 aliphatic carbocycles. The zero-order chi connectivity index (χ0) is 23.6. The molecule has 3 heterocycles. The van der Waals surface area contributed by atoms with E-state index in [-0.39, 0.29) is 29.6 Å². The van der Waals surface area contributed by atoms with Crippen LogP contribution in [0.1, 0.15) is 27.0 Å². The van der Waals surface area contributed by atoms with Crippen molar-refractivity contribution >= 4 is 31.2 Å². The molecular formula is C16H22FN6O8P. The largest absolute Gasteiger partial charge is 0.581 e. The minimum absolute atomic E-state index is 0.115. The fourth-order valence-electron chi connectivity index (χ4n) is 3.02. The van der Waals surface area contributed by atoms with Crippen molar-refractivity contribution in [3.05, 3.63) is 6.33 Å². The van der Waals surface area contributed by atoms with Crippen LogP contribution < -0.4 is 15.4 Å². The molecule has 32 heavy (non-hydrogen) atoms. The van der Waals surface area contributed by atoms with Crippen molar-refractivity contribution in [3.8, 4) is 5.88 Å². The molecule has 4 N–H and O–H groups in total. The fraction of sp³-hybridized carbons (Fsp3) is 0.625. The number of rotatable bonds is 9. The Balaban J connectivity index is 1.76. The van der Waals surface area contributed by atoms with Gasteiger partial charge < -0.3 is 30.3 Å². The Morgan fingerprint density at radius 2 is 2.28 bits per heavy atom. The number of ether oxygens (including phenoxy) is 2. The number of fused-ring (bicyclic) bond motifs is 1. The van der Waals surface area contributed by atoms with E-state index in [1.54, 1.807) is 6.92 Å². The first-order valence-electron chi connectivity index (χ1n) is 9.41. The molecule has 1 aliphatic heterocycles. The Morgan fingerprint density at radius 3 is 2.94 bits per heavy atom. The van der Waals surface area contributed by atoms with Gasteiger partial charge in [-0.15, -0.1) is 0 Å². The van der Waals surface area contributed by atoms with E-state index in [9.17, 15) is 14.8 Å². The van der Waals surface area contributed by atoms with Gasteiger partial charge in [0.05, 0.1) is 12.9 Å². The van der Waals surface area contributed by atoms with Gasteiger partial charge in [0.25, 0.3) is 0 Å². The van der Waals surface area contributed by atoms with Gasteiger partial charge in [0.15, 0.2) is 29.1 Å². The molecule has 1 unspecified atom stereocenters. The Morgan fingerprint density at radius 1 is 1.56 bits per heavy atom. The predicted octanol–water partition coefficient (Wildman–Crippen LogP) is 0.0708. The molecule has 1 aliphatic rings. The number of hydrogen-bond acceptors (Lipinski definition) is 12. The number of carbonyl (C=O) groups is 1. The second-order valence-electron chi connectivity index (χ2n) is 6.99. The number of carboxylic acid groups (broad SMARTS) is 1. The fourth-order valence-corrected chi connectivity index (χ4v) is 3.59. The molecule has 1 fully saturated rings. The van der Waals surface area contributed by atoms with E-state index in [1.807, 2.05) is 0 Å². The number of alkyl halides is 1. The molecular weight excluding hydrogens is 454 g/mol. The summed E-state index contributed by atoms with van der Waals surface area (Å²) in [5.41, 5.74) is 3.75. The van der Waals surface area contributed by atoms with Crippen LogP contribution in [-0.2, 0) is 19.1 Å². The number of hydrogen-bond donors (Lipinski definition) is 3. The summed E-state index contributed by atoms with van der Waals surface area (Å²) >= 11 is 0. The summed E-state index contributed by atoms with van der Waals surface area (Å²) in [6.07, 6.45) is -3.05. The van der Waals surface area contributed by atoms with E-state index in [4.69, 9.17) is 25.2 Å². The number of nitrogen functional groups attached to an aromatic ring is 1. The lowest BCUT2D eigenvalue weighted by atomic mass is 9.98. The van der Waals surface area contributed by atoms with Crippen molar-refractivity contribution in [1.29, 1.82) is 0 Å². The van der Waals surface area contributed by atoms with E-state index in [0.717, 1.165) is 6.92 Å². The highest BCUT2D eigenvalue weighted by Crippen LogP contribution is 2.43. The van der Waals surface area contributed by atoms with Crippen molar-refractivity contribution in [2.75, 3.05) is 18.9 Å². The molecule has 2 aromatic rings. The maximum atomic E-state index is 15.4. The summed E-state index contributed by atoms with van der Waals surface area (Å²) in [6.45, 7) is 3.82. The Bertz CT molecular complexity index is 1020. The number of nitrogens with two attached hydrogens (primary N) is 1. The van der Waals surface area contributed by atoms with E-state index in [1.165, 1.54) is 17.8 Å². The van der Waals surface area contributed by atoms with Crippen molar-refractivity contribution in [1.82, 2.24) is 19.5 Å². The van der Waals surface area contributed by atoms with Crippen LogP contribution in [0.5, 0.6) is 5.88 Å². The number of imidazole rings is 1. The van der Waals surface area contributed by atoms with Crippen LogP contribution in [-0.4, -0.2) is 72.8 Å². The SMILES string of the molecule is CCOc1nc(N)nc2c1ncn2[C@@H]1O[C@H](COO[P+]([O-])=N[C@@H](C)C(=O)O)[C@@H](O)[C@@]1(C)F. The lowest BCUT2D eigenvalue weighted by Gasteiger charge is -2.24. The molecule has 0 saturated carbocycles. The van der Waals surface area contributed by atoms with Crippen molar-refractivity contribution in [3.63, 3.8) is 0 Å². The predicted molar refractivity (Wildman–Crippen MR) is 104 cm³/mol. The maximum absolute atomic E-state index is 15.4. The summed E-state index contributed by atoms with van der Waals surface area (Å²) < 4.78 is 35.5. The molecule has 1 saturated heterocycles. The molecule has 176 valence electrons. The summed E-state index contributed by atoms with van der Waals surface area (Å²) in [5.74, 6) is -1.31. The van der Waals surface area contributed by atoms with Gasteiger partial charge in [-0.1, -0.05) is 4.74 Å². The number of halogens is 1.